The Bertz CT molecular complexity index is 6380. The summed E-state index contributed by atoms with van der Waals surface area (Å²) in [4.78, 5) is 121. The largest absolute Gasteiger partial charge is 0.507 e. The number of nitrogens with zero attached hydrogens (tertiary/aromatic N) is 4. The lowest BCUT2D eigenvalue weighted by Crippen LogP contribution is -2.31. The van der Waals surface area contributed by atoms with E-state index in [1.54, 1.807) is 89.5 Å². The van der Waals surface area contributed by atoms with Gasteiger partial charge in [0.05, 0.1) is 37.9 Å². The Balaban J connectivity index is 0.000000152. The van der Waals surface area contributed by atoms with Gasteiger partial charge in [0.15, 0.2) is 27.1 Å². The van der Waals surface area contributed by atoms with E-state index in [4.69, 9.17) is 29.0 Å². The predicted molar refractivity (Wildman–Crippen MR) is 480 cm³/mol. The monoisotopic (exact) mass is 1600 g/mol. The lowest BCUT2D eigenvalue weighted by Gasteiger charge is -2.07. The number of H-pyrrole nitrogens is 6. The van der Waals surface area contributed by atoms with Crippen LogP contribution in [0.1, 0.15) is 145 Å². The number of nitrogens with two attached hydrogens (primary N) is 1. The number of hydrogen-bond acceptors (Lipinski definition) is 12. The molecule has 600 valence electrons. The number of unbranched alkanes of at least 4 members (excludes halogenated alkanes) is 3. The van der Waals surface area contributed by atoms with Gasteiger partial charge in [0.1, 0.15) is 17.4 Å². The van der Waals surface area contributed by atoms with Crippen LogP contribution >= 0.6 is 23.2 Å². The molecule has 0 aliphatic carbocycles. The van der Waals surface area contributed by atoms with Crippen molar-refractivity contribution in [3.05, 3.63) is 349 Å². The molecule has 0 unspecified atom stereocenters. The van der Waals surface area contributed by atoms with E-state index in [0.29, 0.717) is 61.3 Å². The molecule has 0 fully saturated rings. The Morgan fingerprint density at radius 1 is 0.397 bits per heavy atom. The van der Waals surface area contributed by atoms with Crippen LogP contribution in [0, 0.1) is 13.8 Å². The molecule has 116 heavy (non-hydrogen) atoms. The fourth-order valence-corrected chi connectivity index (χ4v) is 13.4. The van der Waals surface area contributed by atoms with Crippen molar-refractivity contribution in [1.82, 2.24) is 49.1 Å². The van der Waals surface area contributed by atoms with E-state index in [0.717, 1.165) is 150 Å². The van der Waals surface area contributed by atoms with E-state index < -0.39 is 0 Å². The number of hydrogen-bond donors (Lipinski definition) is 8. The van der Waals surface area contributed by atoms with E-state index in [-0.39, 0.29) is 49.6 Å². The first-order chi connectivity index (χ1) is 55.9. The van der Waals surface area contributed by atoms with E-state index in [9.17, 15) is 43.5 Å². The number of nitrogen functional groups attached to an aromatic ring is 1. The Morgan fingerprint density at radius 3 is 1.35 bits per heavy atom. The number of aryl methyl sites for hydroxylation is 11. The topological polar surface area (TPSA) is 313 Å². The molecular formula is C94H101Cl2N11O9. The number of halogens is 2. The van der Waals surface area contributed by atoms with Gasteiger partial charge in [-0.15, -0.1) is 0 Å². The number of nitrogens with one attached hydrogen (secondary N) is 6. The predicted octanol–water partition coefficient (Wildman–Crippen LogP) is 18.4. The molecule has 8 aromatic carbocycles. The van der Waals surface area contributed by atoms with Crippen LogP contribution in [-0.4, -0.2) is 54.2 Å². The van der Waals surface area contributed by atoms with Gasteiger partial charge in [0, 0.05) is 144 Å². The summed E-state index contributed by atoms with van der Waals surface area (Å²) in [5.74, 6) is 7.00. The minimum absolute atomic E-state index is 0.0260. The molecule has 8 aromatic heterocycles. The van der Waals surface area contributed by atoms with Crippen LogP contribution in [0.15, 0.2) is 239 Å². The summed E-state index contributed by atoms with van der Waals surface area (Å²) in [7, 11) is 0. The van der Waals surface area contributed by atoms with Crippen LogP contribution in [-0.2, 0) is 57.9 Å². The van der Waals surface area contributed by atoms with Crippen LogP contribution in [0.2, 0.25) is 10.0 Å². The highest BCUT2D eigenvalue weighted by atomic mass is 35.5. The molecule has 0 aliphatic rings. The summed E-state index contributed by atoms with van der Waals surface area (Å²) in [5, 5.41) is 16.4. The number of fused-ring (bicyclic) bond motifs is 8. The normalized spacial score (nSPS) is 10.7. The molecule has 0 atom stereocenters. The number of aromatic nitrogens is 10. The third-order valence-corrected chi connectivity index (χ3v) is 20.0. The molecule has 0 bridgehead atoms. The van der Waals surface area contributed by atoms with Gasteiger partial charge in [0.25, 0.3) is 16.7 Å². The highest BCUT2D eigenvalue weighted by Gasteiger charge is 2.11. The highest BCUT2D eigenvalue weighted by molar-refractivity contribution is 6.35. The number of pyridine rings is 6. The van der Waals surface area contributed by atoms with Gasteiger partial charge >= 0.3 is 0 Å². The molecule has 0 saturated heterocycles. The molecule has 9 N–H and O–H groups in total. The smallest absolute Gasteiger partial charge is 0.279 e. The van der Waals surface area contributed by atoms with Crippen LogP contribution in [0.3, 0.4) is 0 Å². The molecule has 0 radical (unpaired) electrons. The van der Waals surface area contributed by atoms with Crippen LogP contribution < -0.4 is 49.7 Å². The zero-order chi connectivity index (χ0) is 83.7. The first-order valence-corrected chi connectivity index (χ1v) is 40.2. The minimum Gasteiger partial charge on any atom is -0.507 e. The summed E-state index contributed by atoms with van der Waals surface area (Å²) in [6.45, 7) is 22.7. The summed E-state index contributed by atoms with van der Waals surface area (Å²) >= 11 is 11.8. The lowest BCUT2D eigenvalue weighted by atomic mass is 10.0. The van der Waals surface area contributed by atoms with Crippen molar-refractivity contribution in [3.8, 4) is 5.75 Å². The maximum absolute atomic E-state index is 12.1. The number of aromatic hydroxyl groups is 1. The van der Waals surface area contributed by atoms with Gasteiger partial charge in [-0.3, -0.25) is 38.4 Å². The minimum atomic E-state index is -0.188. The molecular weight excluding hydrogens is 1500 g/mol. The second-order valence-corrected chi connectivity index (χ2v) is 28.6. The molecule has 20 nitrogen and oxygen atoms in total. The van der Waals surface area contributed by atoms with E-state index in [2.05, 4.69) is 65.9 Å². The summed E-state index contributed by atoms with van der Waals surface area (Å²) in [6.07, 6.45) is 11.7. The first-order valence-electron chi connectivity index (χ1n) is 39.4. The molecule has 0 aliphatic heterocycles. The van der Waals surface area contributed by atoms with Crippen molar-refractivity contribution in [2.24, 2.45) is 0 Å². The third kappa shape index (κ3) is 22.7. The molecule has 16 rings (SSSR count). The molecule has 22 heteroatoms. The molecule has 16 aromatic rings. The van der Waals surface area contributed by atoms with Crippen molar-refractivity contribution in [3.63, 3.8) is 0 Å². The highest BCUT2D eigenvalue weighted by Crippen LogP contribution is 2.24. The average molecular weight is 1600 g/mol. The van der Waals surface area contributed by atoms with Crippen molar-refractivity contribution in [1.29, 1.82) is 0 Å². The van der Waals surface area contributed by atoms with Crippen LogP contribution in [0.25, 0.3) is 87.2 Å². The van der Waals surface area contributed by atoms with E-state index in [1.807, 2.05) is 159 Å². The number of para-hydroxylation sites is 4. The Kier molecular flexibility index (Phi) is 31.7. The van der Waals surface area contributed by atoms with Gasteiger partial charge in [-0.1, -0.05) is 170 Å². The zero-order valence-electron chi connectivity index (χ0n) is 67.6. The van der Waals surface area contributed by atoms with Gasteiger partial charge in [0.2, 0.25) is 0 Å². The third-order valence-electron chi connectivity index (χ3n) is 19.5. The molecule has 0 spiro atoms. The second kappa shape index (κ2) is 42.0. The maximum atomic E-state index is 12.1. The van der Waals surface area contributed by atoms with E-state index in [1.165, 1.54) is 37.3 Å². The van der Waals surface area contributed by atoms with Gasteiger partial charge < -0.3 is 45.4 Å². The number of aromatic amines is 6. The SMILES string of the molecule is CCCCCCc1ccc2[nH]c(CC)cc(=O)c2c1.CCc1cc(=O)c2cc(C)ccc2[nH]1.CCc1cc(=O)c2cc(C)ccc2[nH]1.CCc1cc(=O)c2cc(Cl)ccc2[nH]1.CCc1cc(=O)c2cccc(Cl)c2[nH]1.CCc1nc2ccccc2c(=O)[nH]1.CCc1nc2ccccc2c(=O)n1N.CCn1c(=O)cc(O)c2ccccc21. The Labute approximate surface area is 681 Å². The van der Waals surface area contributed by atoms with Crippen LogP contribution in [0.4, 0.5) is 0 Å². The van der Waals surface area contributed by atoms with Gasteiger partial charge in [-0.25, -0.2) is 14.6 Å². The molecule has 8 heterocycles. The summed E-state index contributed by atoms with van der Waals surface area (Å²) < 4.78 is 2.75. The second-order valence-electron chi connectivity index (χ2n) is 27.8. The first kappa shape index (κ1) is 87.4. The fraction of sp³-hybridized carbons (Fsp3) is 0.255. The Hall–Kier alpha value is -12.5. The maximum Gasteiger partial charge on any atom is 0.279 e. The average Bonchev–Trinajstić information content (AvgIpc) is 0.812. The summed E-state index contributed by atoms with van der Waals surface area (Å²) in [5.41, 5.74) is 15.0. The van der Waals surface area contributed by atoms with Crippen molar-refractivity contribution in [2.45, 2.75) is 160 Å². The fourth-order valence-electron chi connectivity index (χ4n) is 13.0. The molecule has 0 saturated carbocycles. The lowest BCUT2D eigenvalue weighted by molar-refractivity contribution is 0.479. The van der Waals surface area contributed by atoms with Gasteiger partial charge in [-0.05, 0) is 174 Å². The molecule has 0 amide bonds. The van der Waals surface area contributed by atoms with Gasteiger partial charge in [-0.2, -0.15) is 0 Å². The number of rotatable bonds is 13. The van der Waals surface area contributed by atoms with Crippen molar-refractivity contribution >= 4 is 110 Å². The van der Waals surface area contributed by atoms with Crippen LogP contribution in [0.5, 0.6) is 5.75 Å². The quantitative estimate of drug-likeness (QED) is 0.0395. The standard InChI is InChI=1S/C17H23NO.2C12H13NO.2C11H10ClNO.C11H11NO2.C10H11N3O.C10H10N2O/c1-3-5-6-7-8-13-9-10-16-15(11-13)17(19)12-14(4-2)18-16;2*1-3-9-7-12(14)10-6-8(2)4-5-11(10)13-9;1-2-8-6-11(14)9-5-7(12)3-4-10(9)13-8;1-2-7-6-10(14)8-4-3-5-9(12)11(8)13-7;1-2-12-9-6-4-3-5-8(9)10(13)7-11(12)14;1-2-9-12-8-6-4-3-5-7(8)10(14)13(9)11;1-2-9-11-8-6-4-3-5-7(8)10(13)12-9/h9-12H,3-8H2,1-2H3,(H,18,19);2*4-7H,3H2,1-2H3,(H,13,14);2*3-6H,2H2,1H3,(H,13,14);3-7,13H,2H2,1H3;3-6H,2,11H2,1H3;3-6H,2H2,1H3,(H,11,12,13). The Morgan fingerprint density at radius 2 is 0.845 bits per heavy atom. The van der Waals surface area contributed by atoms with Crippen molar-refractivity contribution in [2.75, 3.05) is 5.84 Å². The van der Waals surface area contributed by atoms with E-state index >= 15 is 0 Å². The zero-order valence-corrected chi connectivity index (χ0v) is 69.1. The summed E-state index contributed by atoms with van der Waals surface area (Å²) in [6, 6.07) is 60.2. The van der Waals surface area contributed by atoms with Crippen molar-refractivity contribution < 1.29 is 5.11 Å². The number of benzene rings is 8.